The van der Waals surface area contributed by atoms with Gasteiger partial charge in [0.15, 0.2) is 5.96 Å². The Morgan fingerprint density at radius 2 is 1.79 bits per heavy atom. The first-order chi connectivity index (χ1) is 14.2. The molecule has 1 heterocycles. The molecule has 0 spiro atoms. The zero-order valence-corrected chi connectivity index (χ0v) is 17.4. The standard InChI is InChI=1S/C23H33N3O3/c1-20(2)18-26-23(25-13-11-22-10-6-15-29-22)24-12-7-14-27-16-17-28-19-21-8-4-3-5-9-21/h3-6,8-10,15H,1,7,11-14,16-19H2,2H3,(H2,24,25,26). The quantitative estimate of drug-likeness (QED) is 0.220. The van der Waals surface area contributed by atoms with Crippen molar-refractivity contribution < 1.29 is 13.9 Å². The van der Waals surface area contributed by atoms with E-state index in [2.05, 4.69) is 34.3 Å². The highest BCUT2D eigenvalue weighted by molar-refractivity contribution is 5.79. The highest BCUT2D eigenvalue weighted by Gasteiger charge is 2.00. The number of benzene rings is 1. The van der Waals surface area contributed by atoms with Crippen molar-refractivity contribution >= 4 is 5.96 Å². The maximum atomic E-state index is 5.63. The lowest BCUT2D eigenvalue weighted by Gasteiger charge is -2.12. The molecule has 0 atom stereocenters. The van der Waals surface area contributed by atoms with Gasteiger partial charge >= 0.3 is 0 Å². The average molecular weight is 400 g/mol. The number of hydrogen-bond donors (Lipinski definition) is 2. The van der Waals surface area contributed by atoms with E-state index in [1.54, 1.807) is 6.26 Å². The monoisotopic (exact) mass is 399 g/mol. The Morgan fingerprint density at radius 1 is 1.00 bits per heavy atom. The molecule has 0 fully saturated rings. The van der Waals surface area contributed by atoms with Gasteiger partial charge < -0.3 is 24.5 Å². The van der Waals surface area contributed by atoms with Gasteiger partial charge in [-0.15, -0.1) is 0 Å². The van der Waals surface area contributed by atoms with Crippen molar-refractivity contribution in [2.45, 2.75) is 26.4 Å². The van der Waals surface area contributed by atoms with Gasteiger partial charge in [-0.3, -0.25) is 0 Å². The molecule has 0 saturated carbocycles. The molecular formula is C23H33N3O3. The van der Waals surface area contributed by atoms with Gasteiger partial charge in [0.05, 0.1) is 32.6 Å². The van der Waals surface area contributed by atoms with Crippen LogP contribution < -0.4 is 10.6 Å². The highest BCUT2D eigenvalue weighted by Crippen LogP contribution is 2.00. The van der Waals surface area contributed by atoms with E-state index in [4.69, 9.17) is 13.9 Å². The van der Waals surface area contributed by atoms with Gasteiger partial charge in [0.2, 0.25) is 0 Å². The van der Waals surface area contributed by atoms with E-state index >= 15 is 0 Å². The van der Waals surface area contributed by atoms with Crippen LogP contribution >= 0.6 is 0 Å². The van der Waals surface area contributed by atoms with Crippen LogP contribution in [0.15, 0.2) is 70.3 Å². The van der Waals surface area contributed by atoms with Crippen LogP contribution in [0.5, 0.6) is 0 Å². The summed E-state index contributed by atoms with van der Waals surface area (Å²) >= 11 is 0. The number of hydrogen-bond acceptors (Lipinski definition) is 4. The van der Waals surface area contributed by atoms with E-state index in [9.17, 15) is 0 Å². The molecule has 0 saturated heterocycles. The Morgan fingerprint density at radius 3 is 2.55 bits per heavy atom. The molecule has 0 amide bonds. The Balaban J connectivity index is 1.52. The number of furan rings is 1. The number of guanidine groups is 1. The number of nitrogens with one attached hydrogen (secondary N) is 2. The molecule has 1 aromatic heterocycles. The number of aliphatic imine (C=N–C) groups is 1. The fourth-order valence-corrected chi connectivity index (χ4v) is 2.51. The van der Waals surface area contributed by atoms with Crippen molar-refractivity contribution in [3.63, 3.8) is 0 Å². The van der Waals surface area contributed by atoms with Crippen molar-refractivity contribution in [1.82, 2.24) is 10.6 Å². The second-order valence-corrected chi connectivity index (χ2v) is 6.81. The lowest BCUT2D eigenvalue weighted by atomic mass is 10.2. The number of nitrogens with zero attached hydrogens (tertiary/aromatic N) is 1. The summed E-state index contributed by atoms with van der Waals surface area (Å²) in [6.45, 7) is 10.5. The fourth-order valence-electron chi connectivity index (χ4n) is 2.51. The molecule has 6 heteroatoms. The summed E-state index contributed by atoms with van der Waals surface area (Å²) in [7, 11) is 0. The molecule has 2 rings (SSSR count). The summed E-state index contributed by atoms with van der Waals surface area (Å²) in [4.78, 5) is 4.53. The zero-order valence-electron chi connectivity index (χ0n) is 17.4. The molecule has 0 unspecified atom stereocenters. The largest absolute Gasteiger partial charge is 0.469 e. The fraction of sp³-hybridized carbons (Fsp3) is 0.435. The highest BCUT2D eigenvalue weighted by atomic mass is 16.5. The molecule has 0 aliphatic carbocycles. The first-order valence-electron chi connectivity index (χ1n) is 10.1. The summed E-state index contributed by atoms with van der Waals surface area (Å²) in [5.41, 5.74) is 2.20. The van der Waals surface area contributed by atoms with E-state index in [1.807, 2.05) is 37.3 Å². The number of ether oxygens (including phenoxy) is 2. The molecule has 0 radical (unpaired) electrons. The molecule has 0 aliphatic heterocycles. The third-order valence-corrected chi connectivity index (χ3v) is 3.99. The third kappa shape index (κ3) is 11.1. The molecule has 0 aliphatic rings. The predicted molar refractivity (Wildman–Crippen MR) is 117 cm³/mol. The minimum Gasteiger partial charge on any atom is -0.469 e. The Bertz CT molecular complexity index is 699. The molecule has 2 N–H and O–H groups in total. The van der Waals surface area contributed by atoms with E-state index in [1.165, 1.54) is 5.56 Å². The van der Waals surface area contributed by atoms with Crippen LogP contribution in [0.25, 0.3) is 0 Å². The normalized spacial score (nSPS) is 11.4. The van der Waals surface area contributed by atoms with Crippen molar-refractivity contribution in [1.29, 1.82) is 0 Å². The smallest absolute Gasteiger partial charge is 0.191 e. The van der Waals surface area contributed by atoms with Crippen molar-refractivity contribution in [2.75, 3.05) is 39.5 Å². The Kier molecular flexibility index (Phi) is 11.3. The molecule has 2 aromatic rings. The summed E-state index contributed by atoms with van der Waals surface area (Å²) < 4.78 is 16.6. The molecule has 0 bridgehead atoms. The van der Waals surface area contributed by atoms with E-state index in [0.29, 0.717) is 33.0 Å². The lowest BCUT2D eigenvalue weighted by molar-refractivity contribution is 0.0401. The van der Waals surface area contributed by atoms with Crippen LogP contribution in [-0.4, -0.2) is 45.4 Å². The van der Waals surface area contributed by atoms with Gasteiger partial charge in [0.25, 0.3) is 0 Å². The van der Waals surface area contributed by atoms with Crippen LogP contribution in [0, 0.1) is 0 Å². The molecule has 1 aromatic carbocycles. The van der Waals surface area contributed by atoms with Gasteiger partial charge in [-0.25, -0.2) is 4.99 Å². The van der Waals surface area contributed by atoms with E-state index in [0.717, 1.165) is 43.2 Å². The Hall–Kier alpha value is -2.57. The van der Waals surface area contributed by atoms with Gasteiger partial charge in [-0.1, -0.05) is 42.5 Å². The van der Waals surface area contributed by atoms with Crippen molar-refractivity contribution in [3.05, 3.63) is 72.2 Å². The SMILES string of the molecule is C=C(C)CN=C(NCCCOCCOCc1ccccc1)NCCc1ccco1. The third-order valence-electron chi connectivity index (χ3n) is 3.99. The summed E-state index contributed by atoms with van der Waals surface area (Å²) in [5.74, 6) is 1.74. The lowest BCUT2D eigenvalue weighted by Crippen LogP contribution is -2.39. The molecule has 158 valence electrons. The summed E-state index contributed by atoms with van der Waals surface area (Å²) in [6, 6.07) is 14.0. The predicted octanol–water partition coefficient (Wildman–Crippen LogP) is 3.56. The van der Waals surface area contributed by atoms with Crippen LogP contribution in [0.3, 0.4) is 0 Å². The average Bonchev–Trinajstić information content (AvgIpc) is 3.24. The second kappa shape index (κ2) is 14.4. The van der Waals surface area contributed by atoms with Gasteiger partial charge in [0.1, 0.15) is 5.76 Å². The molecular weight excluding hydrogens is 366 g/mol. The summed E-state index contributed by atoms with van der Waals surface area (Å²) in [5, 5.41) is 6.66. The van der Waals surface area contributed by atoms with Crippen LogP contribution in [0.1, 0.15) is 24.7 Å². The maximum absolute atomic E-state index is 5.63. The molecule has 29 heavy (non-hydrogen) atoms. The van der Waals surface area contributed by atoms with E-state index < -0.39 is 0 Å². The first-order valence-corrected chi connectivity index (χ1v) is 10.1. The first kappa shape index (κ1) is 22.7. The van der Waals surface area contributed by atoms with Gasteiger partial charge in [0, 0.05) is 26.1 Å². The second-order valence-electron chi connectivity index (χ2n) is 6.81. The van der Waals surface area contributed by atoms with Crippen molar-refractivity contribution in [3.8, 4) is 0 Å². The minimum atomic E-state index is 0.599. The van der Waals surface area contributed by atoms with Crippen LogP contribution in [0.4, 0.5) is 0 Å². The van der Waals surface area contributed by atoms with Crippen molar-refractivity contribution in [2.24, 2.45) is 4.99 Å². The van der Waals surface area contributed by atoms with Gasteiger partial charge in [-0.05, 0) is 31.0 Å². The van der Waals surface area contributed by atoms with Crippen LogP contribution in [0.2, 0.25) is 0 Å². The molecule has 6 nitrogen and oxygen atoms in total. The van der Waals surface area contributed by atoms with Crippen LogP contribution in [-0.2, 0) is 22.5 Å². The Labute approximate surface area is 174 Å². The summed E-state index contributed by atoms with van der Waals surface area (Å²) in [6.07, 6.45) is 3.40. The topological polar surface area (TPSA) is 68.0 Å². The minimum absolute atomic E-state index is 0.599. The maximum Gasteiger partial charge on any atom is 0.191 e. The number of rotatable bonds is 14. The zero-order chi connectivity index (χ0) is 20.6. The van der Waals surface area contributed by atoms with Gasteiger partial charge in [-0.2, -0.15) is 0 Å². The van der Waals surface area contributed by atoms with E-state index in [-0.39, 0.29) is 0 Å².